The molecule has 0 amide bonds. The maximum Gasteiger partial charge on any atom is 0.281 e. The molecule has 1 aromatic heterocycles. The van der Waals surface area contributed by atoms with Crippen molar-refractivity contribution in [2.75, 3.05) is 11.9 Å². The Morgan fingerprint density at radius 1 is 1.56 bits per heavy atom. The summed E-state index contributed by atoms with van der Waals surface area (Å²) in [6, 6.07) is 4.09. The Kier molecular flexibility index (Phi) is 3.36. The number of nitrogens with one attached hydrogen (secondary N) is 1. The van der Waals surface area contributed by atoms with E-state index in [4.69, 9.17) is 0 Å². The van der Waals surface area contributed by atoms with Gasteiger partial charge in [0.2, 0.25) is 0 Å². The van der Waals surface area contributed by atoms with Gasteiger partial charge in [0.15, 0.2) is 5.82 Å². The molecule has 94 valence electrons. The van der Waals surface area contributed by atoms with E-state index in [2.05, 4.69) is 10.3 Å². The predicted molar refractivity (Wildman–Crippen MR) is 67.1 cm³/mol. The number of hydrogen-bond donors (Lipinski definition) is 1. The largest absolute Gasteiger partial charge is 0.381 e. The molecule has 0 bridgehead atoms. The summed E-state index contributed by atoms with van der Waals surface area (Å²) in [4.78, 5) is 14.3. The van der Waals surface area contributed by atoms with Crippen LogP contribution in [0.5, 0.6) is 0 Å². The Hall–Kier alpha value is -2.24. The van der Waals surface area contributed by atoms with Crippen molar-refractivity contribution in [3.05, 3.63) is 40.3 Å². The molecule has 0 unspecified atom stereocenters. The van der Waals surface area contributed by atoms with Crippen LogP contribution in [0.2, 0.25) is 0 Å². The third-order valence-electron chi connectivity index (χ3n) is 2.57. The normalized spacial score (nSPS) is 10.6. The number of non-ortho nitro benzene ring substituents is 1. The van der Waals surface area contributed by atoms with Gasteiger partial charge in [-0.15, -0.1) is 0 Å². The number of rotatable bonds is 4. The summed E-state index contributed by atoms with van der Waals surface area (Å²) in [7, 11) is 0. The van der Waals surface area contributed by atoms with Gasteiger partial charge in [-0.2, -0.15) is 0 Å². The molecule has 0 spiro atoms. The summed E-state index contributed by atoms with van der Waals surface area (Å²) in [6.07, 6.45) is 2.31. The molecular formula is C12H12FN3O2. The average Bonchev–Trinajstić information content (AvgIpc) is 2.36. The van der Waals surface area contributed by atoms with Gasteiger partial charge in [-0.25, -0.2) is 4.39 Å². The number of benzene rings is 1. The molecule has 0 aliphatic carbocycles. The fourth-order valence-electron chi connectivity index (χ4n) is 1.76. The lowest BCUT2D eigenvalue weighted by Gasteiger charge is -2.09. The van der Waals surface area contributed by atoms with Crippen LogP contribution in [0.1, 0.15) is 13.3 Å². The van der Waals surface area contributed by atoms with E-state index in [9.17, 15) is 14.5 Å². The Bertz CT molecular complexity index is 601. The minimum atomic E-state index is -0.652. The maximum absolute atomic E-state index is 13.9. The highest BCUT2D eigenvalue weighted by atomic mass is 19.1. The van der Waals surface area contributed by atoms with Crippen molar-refractivity contribution >= 4 is 22.3 Å². The van der Waals surface area contributed by atoms with Crippen LogP contribution in [-0.2, 0) is 0 Å². The minimum Gasteiger partial charge on any atom is -0.381 e. The second-order valence-electron chi connectivity index (χ2n) is 3.84. The van der Waals surface area contributed by atoms with Gasteiger partial charge in [0.1, 0.15) is 5.52 Å². The molecule has 18 heavy (non-hydrogen) atoms. The van der Waals surface area contributed by atoms with E-state index in [-0.39, 0.29) is 16.9 Å². The zero-order valence-corrected chi connectivity index (χ0v) is 9.81. The summed E-state index contributed by atoms with van der Waals surface area (Å²) in [6.45, 7) is 2.53. The second-order valence-corrected chi connectivity index (χ2v) is 3.84. The van der Waals surface area contributed by atoms with Crippen LogP contribution in [0.4, 0.5) is 15.8 Å². The molecule has 0 radical (unpaired) electrons. The highest BCUT2D eigenvalue weighted by molar-refractivity contribution is 5.97. The molecule has 5 nitrogen and oxygen atoms in total. The van der Waals surface area contributed by atoms with Gasteiger partial charge in [-0.1, -0.05) is 6.92 Å². The van der Waals surface area contributed by atoms with Gasteiger partial charge < -0.3 is 5.32 Å². The topological polar surface area (TPSA) is 68.1 Å². The van der Waals surface area contributed by atoms with Crippen LogP contribution in [0.15, 0.2) is 24.4 Å². The molecule has 0 aliphatic heterocycles. The quantitative estimate of drug-likeness (QED) is 0.667. The van der Waals surface area contributed by atoms with Crippen LogP contribution in [-0.4, -0.2) is 16.5 Å². The summed E-state index contributed by atoms with van der Waals surface area (Å²) >= 11 is 0. The van der Waals surface area contributed by atoms with Crippen molar-refractivity contribution in [1.82, 2.24) is 4.98 Å². The smallest absolute Gasteiger partial charge is 0.281 e. The van der Waals surface area contributed by atoms with Crippen LogP contribution in [0, 0.1) is 15.9 Å². The number of nitro benzene ring substituents is 1. The van der Waals surface area contributed by atoms with Crippen molar-refractivity contribution in [3.8, 4) is 0 Å². The van der Waals surface area contributed by atoms with Crippen molar-refractivity contribution in [2.45, 2.75) is 13.3 Å². The van der Waals surface area contributed by atoms with E-state index in [1.54, 1.807) is 12.1 Å². The third-order valence-corrected chi connectivity index (χ3v) is 2.57. The fraction of sp³-hybridized carbons (Fsp3) is 0.250. The second kappa shape index (κ2) is 4.95. The number of aromatic nitrogens is 1. The molecule has 0 saturated carbocycles. The molecule has 1 aromatic carbocycles. The average molecular weight is 249 g/mol. The van der Waals surface area contributed by atoms with Gasteiger partial charge in [-0.05, 0) is 18.6 Å². The molecule has 0 fully saturated rings. The Morgan fingerprint density at radius 2 is 2.33 bits per heavy atom. The standard InChI is InChI=1S/C12H12FN3O2/c1-2-5-14-12-9(13)7-10(16(17)18)8-4-3-6-15-11(8)12/h3-4,6-7,14H,2,5H2,1H3. The Morgan fingerprint density at radius 3 is 3.00 bits per heavy atom. The highest BCUT2D eigenvalue weighted by Crippen LogP contribution is 2.32. The molecule has 0 atom stereocenters. The molecule has 2 aromatic rings. The number of fused-ring (bicyclic) bond motifs is 1. The first-order valence-electron chi connectivity index (χ1n) is 5.60. The summed E-state index contributed by atoms with van der Waals surface area (Å²) in [5.74, 6) is -0.652. The van der Waals surface area contributed by atoms with Crippen molar-refractivity contribution in [1.29, 1.82) is 0 Å². The highest BCUT2D eigenvalue weighted by Gasteiger charge is 2.19. The molecule has 2 rings (SSSR count). The van der Waals surface area contributed by atoms with Crippen LogP contribution in [0.3, 0.4) is 0 Å². The predicted octanol–water partition coefficient (Wildman–Crippen LogP) is 3.10. The van der Waals surface area contributed by atoms with E-state index in [1.165, 1.54) is 6.20 Å². The Labute approximate surface area is 103 Å². The number of pyridine rings is 1. The number of nitro groups is 1. The summed E-state index contributed by atoms with van der Waals surface area (Å²) < 4.78 is 13.9. The summed E-state index contributed by atoms with van der Waals surface area (Å²) in [5.41, 5.74) is 0.244. The maximum atomic E-state index is 13.9. The first kappa shape index (κ1) is 12.2. The van der Waals surface area contributed by atoms with Gasteiger partial charge in [-0.3, -0.25) is 15.1 Å². The number of halogens is 1. The van der Waals surface area contributed by atoms with Crippen molar-refractivity contribution in [3.63, 3.8) is 0 Å². The monoisotopic (exact) mass is 249 g/mol. The SMILES string of the molecule is CCCNc1c(F)cc([N+](=O)[O-])c2cccnc12. The first-order chi connectivity index (χ1) is 8.65. The summed E-state index contributed by atoms with van der Waals surface area (Å²) in [5, 5.41) is 14.1. The van der Waals surface area contributed by atoms with E-state index in [0.717, 1.165) is 12.5 Å². The lowest BCUT2D eigenvalue weighted by molar-refractivity contribution is -0.383. The van der Waals surface area contributed by atoms with Gasteiger partial charge in [0.25, 0.3) is 5.69 Å². The molecule has 0 aliphatic rings. The number of hydrogen-bond acceptors (Lipinski definition) is 4. The van der Waals surface area contributed by atoms with Crippen LogP contribution < -0.4 is 5.32 Å². The van der Waals surface area contributed by atoms with E-state index in [1.807, 2.05) is 6.92 Å². The zero-order chi connectivity index (χ0) is 13.1. The van der Waals surface area contributed by atoms with Crippen LogP contribution >= 0.6 is 0 Å². The minimum absolute atomic E-state index is 0.220. The Balaban J connectivity index is 2.69. The molecular weight excluding hydrogens is 237 g/mol. The van der Waals surface area contributed by atoms with Crippen molar-refractivity contribution in [2.24, 2.45) is 0 Å². The third kappa shape index (κ3) is 2.09. The zero-order valence-electron chi connectivity index (χ0n) is 9.81. The lowest BCUT2D eigenvalue weighted by Crippen LogP contribution is -2.04. The number of nitrogens with zero attached hydrogens (tertiary/aromatic N) is 2. The van der Waals surface area contributed by atoms with E-state index in [0.29, 0.717) is 11.9 Å². The van der Waals surface area contributed by atoms with E-state index < -0.39 is 10.7 Å². The van der Waals surface area contributed by atoms with Gasteiger partial charge in [0, 0.05) is 12.7 Å². The first-order valence-corrected chi connectivity index (χ1v) is 5.60. The van der Waals surface area contributed by atoms with Gasteiger partial charge in [0.05, 0.1) is 22.1 Å². The molecule has 6 heteroatoms. The van der Waals surface area contributed by atoms with Crippen LogP contribution in [0.25, 0.3) is 10.9 Å². The van der Waals surface area contributed by atoms with Gasteiger partial charge >= 0.3 is 0 Å². The van der Waals surface area contributed by atoms with Crippen molar-refractivity contribution < 1.29 is 9.31 Å². The molecule has 1 N–H and O–H groups in total. The lowest BCUT2D eigenvalue weighted by atomic mass is 10.1. The van der Waals surface area contributed by atoms with E-state index >= 15 is 0 Å². The fourth-order valence-corrected chi connectivity index (χ4v) is 1.76. The number of anilines is 1. The molecule has 0 saturated heterocycles. The molecule has 1 heterocycles.